The van der Waals surface area contributed by atoms with Crippen LogP contribution >= 0.6 is 15.9 Å². The van der Waals surface area contributed by atoms with E-state index in [9.17, 15) is 9.90 Å². The van der Waals surface area contributed by atoms with Crippen molar-refractivity contribution in [3.8, 4) is 0 Å². The molecule has 0 spiro atoms. The minimum atomic E-state index is -0.970. The maximum Gasteiger partial charge on any atom is 0.407 e. The molecule has 1 saturated heterocycles. The smallest absolute Gasteiger partial charge is 0.407 e. The molecule has 106 valence electrons. The second kappa shape index (κ2) is 5.10. The largest absolute Gasteiger partial charge is 0.465 e. The van der Waals surface area contributed by atoms with E-state index in [-0.39, 0.29) is 12.6 Å². The Morgan fingerprint density at radius 2 is 2.15 bits per heavy atom. The molecule has 0 radical (unpaired) electrons. The molecule has 2 heterocycles. The Labute approximate surface area is 124 Å². The van der Waals surface area contributed by atoms with E-state index in [0.717, 1.165) is 15.4 Å². The number of aliphatic hydroxyl groups excluding tert-OH is 1. The molecule has 0 aliphatic carbocycles. The minimum Gasteiger partial charge on any atom is -0.465 e. The van der Waals surface area contributed by atoms with E-state index in [1.807, 2.05) is 35.0 Å². The first-order valence-corrected chi connectivity index (χ1v) is 7.28. The first kappa shape index (κ1) is 13.5. The quantitative estimate of drug-likeness (QED) is 0.840. The number of hydrogen-bond donors (Lipinski definition) is 2. The van der Waals surface area contributed by atoms with Crippen LogP contribution in [0, 0.1) is 0 Å². The molecule has 1 fully saturated rings. The Bertz CT molecular complexity index is 655. The molecular formula is C14H15BrN2O3. The monoisotopic (exact) mass is 338 g/mol. The SMILES string of the molecule is O=C(O)N1CCC(n2ccc3c(Br)cccc32)C(O)C1. The average Bonchev–Trinajstić information content (AvgIpc) is 2.84. The average molecular weight is 339 g/mol. The Hall–Kier alpha value is -1.53. The van der Waals surface area contributed by atoms with Gasteiger partial charge in [0.2, 0.25) is 0 Å². The zero-order valence-electron chi connectivity index (χ0n) is 10.7. The number of fused-ring (bicyclic) bond motifs is 1. The third-order valence-corrected chi connectivity index (χ3v) is 4.58. The van der Waals surface area contributed by atoms with Gasteiger partial charge in [-0.3, -0.25) is 0 Å². The number of aromatic nitrogens is 1. The van der Waals surface area contributed by atoms with Crippen LogP contribution in [0.25, 0.3) is 10.9 Å². The minimum absolute atomic E-state index is 0.0857. The number of carboxylic acid groups (broad SMARTS) is 1. The lowest BCUT2D eigenvalue weighted by atomic mass is 10.0. The van der Waals surface area contributed by atoms with Crippen LogP contribution in [0.3, 0.4) is 0 Å². The first-order valence-electron chi connectivity index (χ1n) is 6.49. The van der Waals surface area contributed by atoms with Crippen LogP contribution in [0.5, 0.6) is 0 Å². The van der Waals surface area contributed by atoms with Gasteiger partial charge in [-0.05, 0) is 24.6 Å². The maximum atomic E-state index is 11.0. The Kier molecular flexibility index (Phi) is 3.43. The molecular weight excluding hydrogens is 324 g/mol. The summed E-state index contributed by atoms with van der Waals surface area (Å²) in [5, 5.41) is 20.3. The van der Waals surface area contributed by atoms with Crippen LogP contribution in [0.2, 0.25) is 0 Å². The van der Waals surface area contributed by atoms with E-state index in [1.165, 1.54) is 4.90 Å². The number of likely N-dealkylation sites (tertiary alicyclic amines) is 1. The number of halogens is 1. The predicted molar refractivity (Wildman–Crippen MR) is 78.9 cm³/mol. The van der Waals surface area contributed by atoms with E-state index in [0.29, 0.717) is 13.0 Å². The molecule has 1 amide bonds. The van der Waals surface area contributed by atoms with Crippen molar-refractivity contribution in [2.24, 2.45) is 0 Å². The summed E-state index contributed by atoms with van der Waals surface area (Å²) >= 11 is 3.52. The lowest BCUT2D eigenvalue weighted by Crippen LogP contribution is -2.46. The van der Waals surface area contributed by atoms with Crippen molar-refractivity contribution in [3.05, 3.63) is 34.9 Å². The molecule has 2 unspecified atom stereocenters. The highest BCUT2D eigenvalue weighted by atomic mass is 79.9. The molecule has 1 aliphatic heterocycles. The van der Waals surface area contributed by atoms with Gasteiger partial charge in [0.15, 0.2) is 0 Å². The molecule has 1 aromatic carbocycles. The van der Waals surface area contributed by atoms with Crippen molar-refractivity contribution in [1.82, 2.24) is 9.47 Å². The van der Waals surface area contributed by atoms with Crippen molar-refractivity contribution in [2.75, 3.05) is 13.1 Å². The molecule has 20 heavy (non-hydrogen) atoms. The summed E-state index contributed by atoms with van der Waals surface area (Å²) in [4.78, 5) is 12.2. The molecule has 0 bridgehead atoms. The number of hydrogen-bond acceptors (Lipinski definition) is 2. The van der Waals surface area contributed by atoms with Gasteiger partial charge in [-0.2, -0.15) is 0 Å². The number of rotatable bonds is 1. The normalized spacial score (nSPS) is 23.2. The number of β-amino-alcohol motifs (C(OH)–C–C–N with tert-alkyl or cyclic N) is 1. The summed E-state index contributed by atoms with van der Waals surface area (Å²) in [5.74, 6) is 0. The van der Waals surface area contributed by atoms with Gasteiger partial charge in [-0.25, -0.2) is 4.79 Å². The molecule has 2 N–H and O–H groups in total. The summed E-state index contributed by atoms with van der Waals surface area (Å²) in [6, 6.07) is 7.88. The van der Waals surface area contributed by atoms with E-state index in [1.54, 1.807) is 0 Å². The van der Waals surface area contributed by atoms with Gasteiger partial charge in [0, 0.05) is 28.1 Å². The van der Waals surface area contributed by atoms with E-state index in [4.69, 9.17) is 5.11 Å². The van der Waals surface area contributed by atoms with Gasteiger partial charge in [0.05, 0.1) is 18.7 Å². The standard InChI is InChI=1S/C14H15BrN2O3/c15-10-2-1-3-11-9(10)4-7-17(11)12-5-6-16(14(19)20)8-13(12)18/h1-4,7,12-13,18H,5-6,8H2,(H,19,20). The fourth-order valence-electron chi connectivity index (χ4n) is 2.86. The van der Waals surface area contributed by atoms with Crippen molar-refractivity contribution >= 4 is 32.9 Å². The Morgan fingerprint density at radius 3 is 2.85 bits per heavy atom. The Morgan fingerprint density at radius 1 is 1.35 bits per heavy atom. The van der Waals surface area contributed by atoms with Gasteiger partial charge in [-0.1, -0.05) is 22.0 Å². The fraction of sp³-hybridized carbons (Fsp3) is 0.357. The van der Waals surface area contributed by atoms with Gasteiger partial charge < -0.3 is 19.7 Å². The number of nitrogens with zero attached hydrogens (tertiary/aromatic N) is 2. The molecule has 1 aromatic heterocycles. The maximum absolute atomic E-state index is 11.0. The summed E-state index contributed by atoms with van der Waals surface area (Å²) in [5.41, 5.74) is 1.05. The highest BCUT2D eigenvalue weighted by Crippen LogP contribution is 2.31. The molecule has 2 atom stereocenters. The molecule has 3 rings (SSSR count). The predicted octanol–water partition coefficient (Wildman–Crippen LogP) is 2.69. The highest BCUT2D eigenvalue weighted by Gasteiger charge is 2.31. The molecule has 0 saturated carbocycles. The lowest BCUT2D eigenvalue weighted by Gasteiger charge is -2.35. The summed E-state index contributed by atoms with van der Waals surface area (Å²) < 4.78 is 3.07. The van der Waals surface area contributed by atoms with Crippen molar-refractivity contribution in [2.45, 2.75) is 18.6 Å². The number of carbonyl (C=O) groups is 1. The van der Waals surface area contributed by atoms with Gasteiger partial charge >= 0.3 is 6.09 Å². The number of piperidine rings is 1. The molecule has 5 nitrogen and oxygen atoms in total. The second-order valence-corrected chi connectivity index (χ2v) is 5.90. The summed E-state index contributed by atoms with van der Waals surface area (Å²) in [7, 11) is 0. The van der Waals surface area contributed by atoms with Crippen LogP contribution in [0.1, 0.15) is 12.5 Å². The third-order valence-electron chi connectivity index (χ3n) is 3.88. The summed E-state index contributed by atoms with van der Waals surface area (Å²) in [6.45, 7) is 0.610. The van der Waals surface area contributed by atoms with Crippen LogP contribution in [0.15, 0.2) is 34.9 Å². The van der Waals surface area contributed by atoms with E-state index in [2.05, 4.69) is 15.9 Å². The van der Waals surface area contributed by atoms with E-state index >= 15 is 0 Å². The van der Waals surface area contributed by atoms with Crippen LogP contribution in [0.4, 0.5) is 4.79 Å². The van der Waals surface area contributed by atoms with Crippen LogP contribution in [-0.4, -0.2) is 45.0 Å². The zero-order valence-corrected chi connectivity index (χ0v) is 12.3. The van der Waals surface area contributed by atoms with Crippen molar-refractivity contribution < 1.29 is 15.0 Å². The zero-order chi connectivity index (χ0) is 14.3. The highest BCUT2D eigenvalue weighted by molar-refractivity contribution is 9.10. The van der Waals surface area contributed by atoms with Crippen LogP contribution in [-0.2, 0) is 0 Å². The molecule has 1 aliphatic rings. The molecule has 2 aromatic rings. The van der Waals surface area contributed by atoms with Gasteiger partial charge in [0.1, 0.15) is 0 Å². The number of amides is 1. The number of aliphatic hydroxyl groups is 1. The van der Waals surface area contributed by atoms with Gasteiger partial charge in [0.25, 0.3) is 0 Å². The van der Waals surface area contributed by atoms with Crippen LogP contribution < -0.4 is 0 Å². The van der Waals surface area contributed by atoms with E-state index < -0.39 is 12.2 Å². The topological polar surface area (TPSA) is 65.7 Å². The lowest BCUT2D eigenvalue weighted by molar-refractivity contribution is 0.0310. The second-order valence-electron chi connectivity index (χ2n) is 5.05. The third kappa shape index (κ3) is 2.19. The van der Waals surface area contributed by atoms with Crippen molar-refractivity contribution in [3.63, 3.8) is 0 Å². The Balaban J connectivity index is 1.92. The first-order chi connectivity index (χ1) is 9.58. The fourth-order valence-corrected chi connectivity index (χ4v) is 3.35. The summed E-state index contributed by atoms with van der Waals surface area (Å²) in [6.07, 6.45) is 0.917. The van der Waals surface area contributed by atoms with Crippen molar-refractivity contribution in [1.29, 1.82) is 0 Å². The molecule has 6 heteroatoms. The number of benzene rings is 1. The van der Waals surface area contributed by atoms with Gasteiger partial charge in [-0.15, -0.1) is 0 Å².